The second-order valence-electron chi connectivity index (χ2n) is 9.12. The molecule has 0 aliphatic carbocycles. The van der Waals surface area contributed by atoms with Crippen molar-refractivity contribution in [2.45, 2.75) is 65.6 Å². The van der Waals surface area contributed by atoms with Gasteiger partial charge in [-0.25, -0.2) is 9.59 Å². The van der Waals surface area contributed by atoms with E-state index >= 15 is 0 Å². The highest BCUT2D eigenvalue weighted by Gasteiger charge is 2.38. The van der Waals surface area contributed by atoms with Crippen LogP contribution in [0.1, 0.15) is 56.7 Å². The summed E-state index contributed by atoms with van der Waals surface area (Å²) in [6.45, 7) is 7.20. The molecule has 0 saturated heterocycles. The number of urea groups is 1. The Hall–Kier alpha value is -3.35. The van der Waals surface area contributed by atoms with Crippen LogP contribution in [0.2, 0.25) is 0 Å². The summed E-state index contributed by atoms with van der Waals surface area (Å²) in [4.78, 5) is 42.9. The quantitative estimate of drug-likeness (QED) is 0.413. The highest BCUT2D eigenvalue weighted by molar-refractivity contribution is 5.85. The molecule has 2 aromatic rings. The lowest BCUT2D eigenvalue weighted by Crippen LogP contribution is -2.54. The normalized spacial score (nSPS) is 15.5. The molecule has 0 bridgehead atoms. The van der Waals surface area contributed by atoms with E-state index in [1.165, 1.54) is 0 Å². The lowest BCUT2D eigenvalue weighted by Gasteiger charge is -2.39. The zero-order valence-corrected chi connectivity index (χ0v) is 21.7. The third kappa shape index (κ3) is 7.09. The van der Waals surface area contributed by atoms with Crippen molar-refractivity contribution < 1.29 is 23.9 Å². The first kappa shape index (κ1) is 27.2. The van der Waals surface area contributed by atoms with Gasteiger partial charge in [-0.1, -0.05) is 74.4 Å². The summed E-state index contributed by atoms with van der Waals surface area (Å²) in [5, 5.41) is 0. The van der Waals surface area contributed by atoms with Crippen LogP contribution < -0.4 is 0 Å². The van der Waals surface area contributed by atoms with Crippen LogP contribution in [0.5, 0.6) is 0 Å². The molecule has 1 aliphatic heterocycles. The van der Waals surface area contributed by atoms with Gasteiger partial charge in [0.15, 0.2) is 0 Å². The van der Waals surface area contributed by atoms with E-state index in [2.05, 4.69) is 6.92 Å². The maximum Gasteiger partial charge on any atom is 0.329 e. The standard InChI is InChI=1S/C29H38N2O5/c1-4-7-15-25(27(32)35-6-3)19-30(5-2)29(34)31-20-24-17-12-11-16-23(24)18-26(31)28(33)36-21-22-13-9-8-10-14-22/h8-14,16-17,25-26H,4-7,15,18-21H2,1-3H3/t25-,26-/m0/s1. The number of esters is 2. The van der Waals surface area contributed by atoms with Crippen LogP contribution in [0.25, 0.3) is 0 Å². The van der Waals surface area contributed by atoms with Crippen molar-refractivity contribution in [1.82, 2.24) is 9.80 Å². The molecule has 0 aromatic heterocycles. The van der Waals surface area contributed by atoms with Crippen LogP contribution >= 0.6 is 0 Å². The minimum absolute atomic E-state index is 0.152. The zero-order valence-electron chi connectivity index (χ0n) is 21.7. The summed E-state index contributed by atoms with van der Waals surface area (Å²) < 4.78 is 10.9. The summed E-state index contributed by atoms with van der Waals surface area (Å²) in [6.07, 6.45) is 2.88. The van der Waals surface area contributed by atoms with E-state index in [1.807, 2.05) is 61.5 Å². The van der Waals surface area contributed by atoms with E-state index in [9.17, 15) is 14.4 Å². The van der Waals surface area contributed by atoms with Crippen molar-refractivity contribution in [2.75, 3.05) is 19.7 Å². The third-order valence-corrected chi connectivity index (χ3v) is 6.61. The molecule has 0 spiro atoms. The van der Waals surface area contributed by atoms with E-state index in [0.717, 1.165) is 29.5 Å². The molecule has 2 amide bonds. The molecule has 7 heteroatoms. The molecule has 0 radical (unpaired) electrons. The molecular weight excluding hydrogens is 456 g/mol. The van der Waals surface area contributed by atoms with Gasteiger partial charge < -0.3 is 19.3 Å². The fourth-order valence-corrected chi connectivity index (χ4v) is 4.54. The molecule has 0 fully saturated rings. The van der Waals surface area contributed by atoms with Crippen LogP contribution in [0.4, 0.5) is 4.79 Å². The lowest BCUT2D eigenvalue weighted by atomic mass is 9.94. The van der Waals surface area contributed by atoms with Gasteiger partial charge in [-0.3, -0.25) is 4.79 Å². The van der Waals surface area contributed by atoms with Gasteiger partial charge in [0.05, 0.1) is 12.5 Å². The molecule has 194 valence electrons. The molecule has 0 unspecified atom stereocenters. The molecule has 0 saturated carbocycles. The van der Waals surface area contributed by atoms with Gasteiger partial charge in [-0.15, -0.1) is 0 Å². The van der Waals surface area contributed by atoms with Crippen molar-refractivity contribution in [3.63, 3.8) is 0 Å². The fraction of sp³-hybridized carbons (Fsp3) is 0.483. The monoisotopic (exact) mass is 494 g/mol. The number of fused-ring (bicyclic) bond motifs is 1. The third-order valence-electron chi connectivity index (χ3n) is 6.61. The number of amides is 2. The highest BCUT2D eigenvalue weighted by Crippen LogP contribution is 2.26. The molecule has 3 rings (SSSR count). The van der Waals surface area contributed by atoms with Crippen molar-refractivity contribution in [1.29, 1.82) is 0 Å². The lowest BCUT2D eigenvalue weighted by molar-refractivity contribution is -0.152. The van der Waals surface area contributed by atoms with Gasteiger partial charge in [-0.2, -0.15) is 0 Å². The Morgan fingerprint density at radius 2 is 1.67 bits per heavy atom. The minimum Gasteiger partial charge on any atom is -0.466 e. The number of carbonyl (C=O) groups excluding carboxylic acids is 3. The topological polar surface area (TPSA) is 76.2 Å². The van der Waals surface area contributed by atoms with Crippen LogP contribution in [0.3, 0.4) is 0 Å². The van der Waals surface area contributed by atoms with E-state index in [1.54, 1.807) is 16.7 Å². The maximum absolute atomic E-state index is 13.8. The Balaban J connectivity index is 1.80. The first-order valence-corrected chi connectivity index (χ1v) is 13.0. The first-order chi connectivity index (χ1) is 17.5. The maximum atomic E-state index is 13.8. The van der Waals surface area contributed by atoms with E-state index in [-0.39, 0.29) is 25.2 Å². The number of ether oxygens (including phenoxy) is 2. The summed E-state index contributed by atoms with van der Waals surface area (Å²) in [6, 6.07) is 16.4. The van der Waals surface area contributed by atoms with Crippen molar-refractivity contribution in [2.24, 2.45) is 5.92 Å². The van der Waals surface area contributed by atoms with Crippen LogP contribution in [0.15, 0.2) is 54.6 Å². The zero-order chi connectivity index (χ0) is 25.9. The van der Waals surface area contributed by atoms with Crippen molar-refractivity contribution in [3.8, 4) is 0 Å². The average molecular weight is 495 g/mol. The SMILES string of the molecule is CCCC[C@@H](CN(CC)C(=O)N1Cc2ccccc2C[C@H]1C(=O)OCc1ccccc1)C(=O)OCC. The van der Waals surface area contributed by atoms with Gasteiger partial charge in [0.2, 0.25) is 0 Å². The summed E-state index contributed by atoms with van der Waals surface area (Å²) in [5.74, 6) is -1.10. The summed E-state index contributed by atoms with van der Waals surface area (Å²) in [7, 11) is 0. The minimum atomic E-state index is -0.734. The highest BCUT2D eigenvalue weighted by atomic mass is 16.5. The number of carbonyl (C=O) groups is 3. The first-order valence-electron chi connectivity index (χ1n) is 13.0. The second-order valence-corrected chi connectivity index (χ2v) is 9.12. The predicted molar refractivity (Wildman–Crippen MR) is 138 cm³/mol. The summed E-state index contributed by atoms with van der Waals surface area (Å²) in [5.41, 5.74) is 2.95. The largest absolute Gasteiger partial charge is 0.466 e. The molecule has 36 heavy (non-hydrogen) atoms. The van der Waals surface area contributed by atoms with Crippen LogP contribution in [-0.2, 0) is 38.6 Å². The molecule has 1 heterocycles. The molecule has 0 N–H and O–H groups in total. The molecule has 7 nitrogen and oxygen atoms in total. The number of hydrogen-bond acceptors (Lipinski definition) is 5. The Bertz CT molecular complexity index is 1010. The number of benzene rings is 2. The predicted octanol–water partition coefficient (Wildman–Crippen LogP) is 4.97. The average Bonchev–Trinajstić information content (AvgIpc) is 2.91. The Morgan fingerprint density at radius 1 is 0.972 bits per heavy atom. The number of rotatable bonds is 11. The van der Waals surface area contributed by atoms with E-state index in [0.29, 0.717) is 32.5 Å². The number of hydrogen-bond donors (Lipinski definition) is 0. The van der Waals surface area contributed by atoms with Crippen molar-refractivity contribution in [3.05, 3.63) is 71.3 Å². The summed E-state index contributed by atoms with van der Waals surface area (Å²) >= 11 is 0. The Kier molecular flexibility index (Phi) is 10.3. The second kappa shape index (κ2) is 13.7. The van der Waals surface area contributed by atoms with Gasteiger partial charge >= 0.3 is 18.0 Å². The van der Waals surface area contributed by atoms with Gasteiger partial charge in [0, 0.05) is 26.1 Å². The van der Waals surface area contributed by atoms with Crippen molar-refractivity contribution >= 4 is 18.0 Å². The van der Waals surface area contributed by atoms with Gasteiger partial charge in [0.1, 0.15) is 12.6 Å². The number of nitrogens with zero attached hydrogens (tertiary/aromatic N) is 2. The molecule has 2 atom stereocenters. The fourth-order valence-electron chi connectivity index (χ4n) is 4.54. The molecule has 1 aliphatic rings. The molecular formula is C29H38N2O5. The van der Waals surface area contributed by atoms with Crippen LogP contribution in [0, 0.1) is 5.92 Å². The van der Waals surface area contributed by atoms with E-state index < -0.39 is 17.9 Å². The smallest absolute Gasteiger partial charge is 0.329 e. The Labute approximate surface area is 214 Å². The Morgan fingerprint density at radius 3 is 2.33 bits per heavy atom. The molecule has 2 aromatic carbocycles. The number of unbranched alkanes of at least 4 members (excludes halogenated alkanes) is 1. The van der Waals surface area contributed by atoms with Gasteiger partial charge in [-0.05, 0) is 37.0 Å². The van der Waals surface area contributed by atoms with Gasteiger partial charge in [0.25, 0.3) is 0 Å². The van der Waals surface area contributed by atoms with Crippen LogP contribution in [-0.4, -0.2) is 53.5 Å². The van der Waals surface area contributed by atoms with E-state index in [4.69, 9.17) is 9.47 Å².